The molecule has 0 aromatic carbocycles. The quantitative estimate of drug-likeness (QED) is 0.518. The summed E-state index contributed by atoms with van der Waals surface area (Å²) >= 11 is 0. The molecule has 0 saturated carbocycles. The van der Waals surface area contributed by atoms with Crippen LogP contribution in [0.4, 0.5) is 0 Å². The van der Waals surface area contributed by atoms with Crippen molar-refractivity contribution in [1.29, 1.82) is 0 Å². The molecule has 0 N–H and O–H groups in total. The fraction of sp³-hybridized carbons (Fsp3) is 0.500. The SMILES string of the molecule is C#CCCC.CCCCCOc1cc2cc-2c1. The summed E-state index contributed by atoms with van der Waals surface area (Å²) in [6.07, 6.45) is 10.6. The lowest BCUT2D eigenvalue weighted by atomic mass is 10.3. The Kier molecular flexibility index (Phi) is 6.25. The highest BCUT2D eigenvalue weighted by atomic mass is 16.5. The van der Waals surface area contributed by atoms with Gasteiger partial charge in [0.05, 0.1) is 6.61 Å². The van der Waals surface area contributed by atoms with Gasteiger partial charge in [0.2, 0.25) is 0 Å². The van der Waals surface area contributed by atoms with Crippen LogP contribution < -0.4 is 4.74 Å². The molecule has 1 nitrogen and oxygen atoms in total. The van der Waals surface area contributed by atoms with Gasteiger partial charge in [0.1, 0.15) is 5.75 Å². The molecular weight excluding hydrogens is 208 g/mol. The van der Waals surface area contributed by atoms with Crippen molar-refractivity contribution in [3.05, 3.63) is 18.2 Å². The minimum Gasteiger partial charge on any atom is -0.494 e. The number of hydrogen-bond donors (Lipinski definition) is 0. The number of hydrogen-bond acceptors (Lipinski definition) is 1. The summed E-state index contributed by atoms with van der Waals surface area (Å²) in [7, 11) is 0. The average molecular weight is 230 g/mol. The van der Waals surface area contributed by atoms with E-state index in [-0.39, 0.29) is 0 Å². The molecule has 0 heterocycles. The molecule has 0 aromatic heterocycles. The number of terminal acetylenes is 1. The van der Waals surface area contributed by atoms with Crippen molar-refractivity contribution in [3.8, 4) is 29.2 Å². The molecule has 0 aliphatic heterocycles. The molecule has 1 heteroatoms. The smallest absolute Gasteiger partial charge is 0.120 e. The molecule has 2 rings (SSSR count). The summed E-state index contributed by atoms with van der Waals surface area (Å²) < 4.78 is 5.55. The lowest BCUT2D eigenvalue weighted by Gasteiger charge is -2.01. The van der Waals surface area contributed by atoms with Gasteiger partial charge < -0.3 is 4.74 Å². The zero-order chi connectivity index (χ0) is 12.5. The van der Waals surface area contributed by atoms with Crippen LogP contribution >= 0.6 is 0 Å². The summed E-state index contributed by atoms with van der Waals surface area (Å²) in [5.74, 6) is 3.57. The van der Waals surface area contributed by atoms with E-state index in [0.717, 1.165) is 25.2 Å². The number of unbranched alkanes of at least 4 members (excludes halogenated alkanes) is 3. The lowest BCUT2D eigenvalue weighted by Crippen LogP contribution is -1.95. The van der Waals surface area contributed by atoms with E-state index in [1.54, 1.807) is 0 Å². The summed E-state index contributed by atoms with van der Waals surface area (Å²) in [5.41, 5.74) is 2.72. The van der Waals surface area contributed by atoms with Gasteiger partial charge in [-0.2, -0.15) is 0 Å². The molecule has 0 aromatic rings. The van der Waals surface area contributed by atoms with Crippen molar-refractivity contribution >= 4 is 0 Å². The van der Waals surface area contributed by atoms with Gasteiger partial charge in [-0.3, -0.25) is 0 Å². The van der Waals surface area contributed by atoms with E-state index in [1.807, 2.05) is 0 Å². The van der Waals surface area contributed by atoms with Crippen molar-refractivity contribution in [3.63, 3.8) is 0 Å². The minimum absolute atomic E-state index is 0.872. The Morgan fingerprint density at radius 3 is 2.24 bits per heavy atom. The number of rotatable bonds is 6. The Bertz CT molecular complexity index is 353. The number of ether oxygens (including phenoxy) is 1. The summed E-state index contributed by atoms with van der Waals surface area (Å²) in [6.45, 7) is 5.15. The van der Waals surface area contributed by atoms with Crippen LogP contribution in [0.25, 0.3) is 11.1 Å². The van der Waals surface area contributed by atoms with E-state index < -0.39 is 0 Å². The summed E-state index contributed by atoms with van der Waals surface area (Å²) in [5, 5.41) is 0. The van der Waals surface area contributed by atoms with E-state index in [0.29, 0.717) is 0 Å². The first-order valence-electron chi connectivity index (χ1n) is 6.53. The van der Waals surface area contributed by atoms with Crippen LogP contribution in [0.2, 0.25) is 0 Å². The van der Waals surface area contributed by atoms with Crippen LogP contribution in [0.3, 0.4) is 0 Å². The third-order valence-electron chi connectivity index (χ3n) is 2.57. The van der Waals surface area contributed by atoms with E-state index in [4.69, 9.17) is 11.2 Å². The Labute approximate surface area is 105 Å². The normalized spacial score (nSPS) is 9.94. The summed E-state index contributed by atoms with van der Waals surface area (Å²) in [4.78, 5) is 0. The molecule has 0 spiro atoms. The van der Waals surface area contributed by atoms with Gasteiger partial charge in [0.15, 0.2) is 0 Å². The standard InChI is InChI=1S/C11H14O.C5H8/c1-2-3-4-5-12-11-7-9-6-10(9)8-11;1-3-5-4-2/h6-8H,2-5H2,1H3;1H,4-5H2,2H3. The van der Waals surface area contributed by atoms with Crippen LogP contribution in [0.5, 0.6) is 5.75 Å². The van der Waals surface area contributed by atoms with Crippen LogP contribution in [-0.2, 0) is 0 Å². The van der Waals surface area contributed by atoms with Crippen LogP contribution in [0, 0.1) is 12.3 Å². The maximum atomic E-state index is 5.55. The molecule has 0 saturated heterocycles. The molecule has 0 unspecified atom stereocenters. The molecular formula is C16H22O. The van der Waals surface area contributed by atoms with Crippen molar-refractivity contribution in [2.45, 2.75) is 46.0 Å². The number of benzene rings is 1. The van der Waals surface area contributed by atoms with Gasteiger partial charge >= 0.3 is 0 Å². The van der Waals surface area contributed by atoms with Crippen molar-refractivity contribution in [1.82, 2.24) is 0 Å². The Morgan fingerprint density at radius 1 is 1.06 bits per heavy atom. The minimum atomic E-state index is 0.872. The second-order valence-electron chi connectivity index (χ2n) is 4.26. The predicted octanol–water partition coefficient (Wildman–Crippen LogP) is 4.66. The first-order valence-corrected chi connectivity index (χ1v) is 6.53. The fourth-order valence-corrected chi connectivity index (χ4v) is 1.50. The van der Waals surface area contributed by atoms with Crippen molar-refractivity contribution in [2.24, 2.45) is 0 Å². The first-order chi connectivity index (χ1) is 8.31. The molecule has 0 amide bonds. The fourth-order valence-electron chi connectivity index (χ4n) is 1.50. The molecule has 0 bridgehead atoms. The van der Waals surface area contributed by atoms with E-state index in [1.165, 1.54) is 30.4 Å². The topological polar surface area (TPSA) is 9.23 Å². The van der Waals surface area contributed by atoms with Crippen LogP contribution in [-0.4, -0.2) is 6.61 Å². The second kappa shape index (κ2) is 7.79. The highest BCUT2D eigenvalue weighted by Crippen LogP contribution is 2.39. The second-order valence-corrected chi connectivity index (χ2v) is 4.26. The van der Waals surface area contributed by atoms with Gasteiger partial charge in [0.25, 0.3) is 0 Å². The van der Waals surface area contributed by atoms with E-state index in [2.05, 4.69) is 38.0 Å². The maximum absolute atomic E-state index is 5.55. The molecule has 0 radical (unpaired) electrons. The average Bonchev–Trinajstić information content (AvgIpc) is 2.94. The van der Waals surface area contributed by atoms with Gasteiger partial charge in [-0.1, -0.05) is 26.7 Å². The molecule has 2 aliphatic carbocycles. The van der Waals surface area contributed by atoms with Crippen molar-refractivity contribution in [2.75, 3.05) is 6.61 Å². The molecule has 2 aliphatic rings. The third-order valence-corrected chi connectivity index (χ3v) is 2.57. The van der Waals surface area contributed by atoms with Gasteiger partial charge in [0, 0.05) is 6.42 Å². The zero-order valence-corrected chi connectivity index (χ0v) is 11.0. The Balaban J connectivity index is 0.000000249. The van der Waals surface area contributed by atoms with Gasteiger partial charge in [-0.25, -0.2) is 0 Å². The van der Waals surface area contributed by atoms with Crippen molar-refractivity contribution < 1.29 is 4.74 Å². The predicted molar refractivity (Wildman–Crippen MR) is 74.2 cm³/mol. The first kappa shape index (κ1) is 13.6. The molecule has 92 valence electrons. The van der Waals surface area contributed by atoms with E-state index in [9.17, 15) is 0 Å². The van der Waals surface area contributed by atoms with E-state index >= 15 is 0 Å². The van der Waals surface area contributed by atoms with Crippen LogP contribution in [0.15, 0.2) is 18.2 Å². The summed E-state index contributed by atoms with van der Waals surface area (Å²) in [6, 6.07) is 6.39. The largest absolute Gasteiger partial charge is 0.494 e. The lowest BCUT2D eigenvalue weighted by molar-refractivity contribution is 0.307. The number of fused-ring (bicyclic) bond motifs is 1. The monoisotopic (exact) mass is 230 g/mol. The van der Waals surface area contributed by atoms with Gasteiger partial charge in [-0.15, -0.1) is 12.3 Å². The Morgan fingerprint density at radius 2 is 1.76 bits per heavy atom. The zero-order valence-electron chi connectivity index (χ0n) is 11.0. The highest BCUT2D eigenvalue weighted by Gasteiger charge is 2.14. The molecule has 17 heavy (non-hydrogen) atoms. The third kappa shape index (κ3) is 5.45. The highest BCUT2D eigenvalue weighted by molar-refractivity contribution is 5.83. The van der Waals surface area contributed by atoms with Crippen LogP contribution in [0.1, 0.15) is 46.0 Å². The molecule has 0 fully saturated rings. The molecule has 0 atom stereocenters. The Hall–Kier alpha value is -1.42. The maximum Gasteiger partial charge on any atom is 0.120 e. The van der Waals surface area contributed by atoms with Gasteiger partial charge in [-0.05, 0) is 42.2 Å².